The van der Waals surface area contributed by atoms with Gasteiger partial charge in [0, 0.05) is 19.3 Å². The molecule has 0 aromatic heterocycles. The molecule has 0 aromatic carbocycles. The summed E-state index contributed by atoms with van der Waals surface area (Å²) in [7, 11) is 0. The van der Waals surface area contributed by atoms with Gasteiger partial charge < -0.3 is 14.2 Å². The van der Waals surface area contributed by atoms with Gasteiger partial charge in [-0.05, 0) is 83.5 Å². The first-order chi connectivity index (χ1) is 39.5. The second kappa shape index (κ2) is 68.6. The van der Waals surface area contributed by atoms with Crippen molar-refractivity contribution < 1.29 is 28.6 Å². The summed E-state index contributed by atoms with van der Waals surface area (Å²) >= 11 is 0. The van der Waals surface area contributed by atoms with E-state index in [1.54, 1.807) is 0 Å². The minimum Gasteiger partial charge on any atom is -0.462 e. The first-order valence-electron chi connectivity index (χ1n) is 35.3. The third-order valence-corrected chi connectivity index (χ3v) is 15.8. The van der Waals surface area contributed by atoms with Crippen molar-refractivity contribution in [3.63, 3.8) is 0 Å². The lowest BCUT2D eigenvalue weighted by molar-refractivity contribution is -0.167. The smallest absolute Gasteiger partial charge is 0.306 e. The zero-order chi connectivity index (χ0) is 57.8. The van der Waals surface area contributed by atoms with Crippen molar-refractivity contribution in [2.45, 2.75) is 380 Å². The highest BCUT2D eigenvalue weighted by Gasteiger charge is 2.19. The summed E-state index contributed by atoms with van der Waals surface area (Å²) in [4.78, 5) is 38.2. The van der Waals surface area contributed by atoms with Crippen molar-refractivity contribution in [2.75, 3.05) is 13.2 Å². The fourth-order valence-corrected chi connectivity index (χ4v) is 10.5. The number of allylic oxidation sites excluding steroid dienone is 10. The molecule has 0 saturated carbocycles. The first kappa shape index (κ1) is 77.1. The number of carbonyl (C=O) groups is 3. The Morgan fingerprint density at radius 1 is 0.263 bits per heavy atom. The molecule has 80 heavy (non-hydrogen) atoms. The highest BCUT2D eigenvalue weighted by Crippen LogP contribution is 2.18. The van der Waals surface area contributed by atoms with Gasteiger partial charge in [-0.25, -0.2) is 0 Å². The van der Waals surface area contributed by atoms with Gasteiger partial charge in [-0.3, -0.25) is 14.4 Å². The Morgan fingerprint density at radius 2 is 0.487 bits per heavy atom. The fourth-order valence-electron chi connectivity index (χ4n) is 10.5. The lowest BCUT2D eigenvalue weighted by Gasteiger charge is -2.18. The van der Waals surface area contributed by atoms with Crippen LogP contribution in [-0.4, -0.2) is 37.2 Å². The fraction of sp³-hybridized carbons (Fsp3) is 0.824. The summed E-state index contributed by atoms with van der Waals surface area (Å²) in [5, 5.41) is 0. The Hall–Kier alpha value is -2.89. The molecule has 0 aliphatic rings. The van der Waals surface area contributed by atoms with Crippen LogP contribution < -0.4 is 0 Å². The monoisotopic (exact) mass is 1120 g/mol. The SMILES string of the molecule is CC/C=C\C/C=C\C/C=C\C/C=C\CCCCCCCCCCCCCCC(=O)OC(COC(=O)CCCCCCCCCC)COC(=O)CCCCCCCCCCCCCCCCCCC/C=C\CCCCCCCCCC. The second-order valence-electron chi connectivity index (χ2n) is 23.8. The topological polar surface area (TPSA) is 78.9 Å². The number of carbonyl (C=O) groups excluding carboxylic acids is 3. The Morgan fingerprint density at radius 3 is 0.775 bits per heavy atom. The van der Waals surface area contributed by atoms with E-state index in [9.17, 15) is 14.4 Å². The maximum absolute atomic E-state index is 12.9. The molecule has 0 radical (unpaired) electrons. The Bertz CT molecular complexity index is 1430. The molecule has 0 bridgehead atoms. The number of rotatable bonds is 65. The maximum atomic E-state index is 12.9. The van der Waals surface area contributed by atoms with Crippen molar-refractivity contribution in [1.82, 2.24) is 0 Å². The van der Waals surface area contributed by atoms with Crippen molar-refractivity contribution in [3.8, 4) is 0 Å². The van der Waals surface area contributed by atoms with Crippen LogP contribution in [0.25, 0.3) is 0 Å². The molecule has 0 spiro atoms. The third kappa shape index (κ3) is 65.9. The zero-order valence-electron chi connectivity index (χ0n) is 53.6. The molecule has 0 aliphatic heterocycles. The lowest BCUT2D eigenvalue weighted by Crippen LogP contribution is -2.30. The summed E-state index contributed by atoms with van der Waals surface area (Å²) in [5.41, 5.74) is 0. The van der Waals surface area contributed by atoms with Crippen molar-refractivity contribution >= 4 is 17.9 Å². The van der Waals surface area contributed by atoms with Crippen LogP contribution in [0.15, 0.2) is 60.8 Å². The molecule has 0 heterocycles. The van der Waals surface area contributed by atoms with Gasteiger partial charge in [-0.15, -0.1) is 0 Å². The molecule has 1 unspecified atom stereocenters. The predicted octanol–water partition coefficient (Wildman–Crippen LogP) is 24.3. The van der Waals surface area contributed by atoms with E-state index in [0.29, 0.717) is 19.3 Å². The molecule has 0 amide bonds. The highest BCUT2D eigenvalue weighted by atomic mass is 16.6. The van der Waals surface area contributed by atoms with E-state index in [2.05, 4.69) is 81.5 Å². The zero-order valence-corrected chi connectivity index (χ0v) is 53.6. The number of ether oxygens (including phenoxy) is 3. The molecule has 0 saturated heterocycles. The van der Waals surface area contributed by atoms with Gasteiger partial charge in [0.15, 0.2) is 6.10 Å². The number of hydrogen-bond acceptors (Lipinski definition) is 6. The molecular formula is C74H134O6. The van der Waals surface area contributed by atoms with Crippen LogP contribution in [0.4, 0.5) is 0 Å². The average molecular weight is 1120 g/mol. The summed E-state index contributed by atoms with van der Waals surface area (Å²) < 4.78 is 16.9. The van der Waals surface area contributed by atoms with E-state index in [1.807, 2.05) is 0 Å². The average Bonchev–Trinajstić information content (AvgIpc) is 3.46. The molecule has 0 fully saturated rings. The van der Waals surface area contributed by atoms with E-state index in [4.69, 9.17) is 14.2 Å². The third-order valence-electron chi connectivity index (χ3n) is 15.8. The molecule has 6 heteroatoms. The molecule has 6 nitrogen and oxygen atoms in total. The Kier molecular flexibility index (Phi) is 66.1. The first-order valence-corrected chi connectivity index (χ1v) is 35.3. The lowest BCUT2D eigenvalue weighted by atomic mass is 10.0. The van der Waals surface area contributed by atoms with E-state index in [-0.39, 0.29) is 31.1 Å². The minimum atomic E-state index is -0.772. The normalized spacial score (nSPS) is 12.4. The van der Waals surface area contributed by atoms with E-state index < -0.39 is 6.10 Å². The van der Waals surface area contributed by atoms with Crippen LogP contribution >= 0.6 is 0 Å². The van der Waals surface area contributed by atoms with Crippen molar-refractivity contribution in [3.05, 3.63) is 60.8 Å². The molecule has 0 N–H and O–H groups in total. The summed E-state index contributed by atoms with van der Waals surface area (Å²) in [6.07, 6.45) is 88.5. The number of hydrogen-bond donors (Lipinski definition) is 0. The molecular weight excluding hydrogens is 985 g/mol. The number of esters is 3. The Balaban J connectivity index is 4.07. The van der Waals surface area contributed by atoms with Crippen molar-refractivity contribution in [1.29, 1.82) is 0 Å². The van der Waals surface area contributed by atoms with Crippen molar-refractivity contribution in [2.24, 2.45) is 0 Å². The summed E-state index contributed by atoms with van der Waals surface area (Å²) in [6.45, 7) is 6.55. The standard InChI is InChI=1S/C74H134O6/c1-4-7-10-13-16-19-21-23-25-27-29-31-33-35-36-37-38-40-41-43-45-47-49-51-53-55-58-61-64-67-73(76)79-70-71(69-78-72(75)66-63-60-57-18-15-12-9-6-3)80-74(77)68-65-62-59-56-54-52-50-48-46-44-42-39-34-32-30-28-26-24-22-20-17-14-11-8-5-2/h8,11,17,20,24,26-27,29-30,32,71H,4-7,9-10,12-16,18-19,21-23,25,28,31,33-70H2,1-3H3/b11-8-,20-17-,26-24-,29-27-,32-30-. The van der Waals surface area contributed by atoms with Crippen LogP contribution in [0.1, 0.15) is 374 Å². The van der Waals surface area contributed by atoms with Gasteiger partial charge in [0.2, 0.25) is 0 Å². The maximum Gasteiger partial charge on any atom is 0.306 e. The van der Waals surface area contributed by atoms with E-state index in [0.717, 1.165) is 83.5 Å². The highest BCUT2D eigenvalue weighted by molar-refractivity contribution is 5.71. The van der Waals surface area contributed by atoms with Gasteiger partial charge >= 0.3 is 17.9 Å². The molecule has 466 valence electrons. The van der Waals surface area contributed by atoms with Crippen LogP contribution in [0.3, 0.4) is 0 Å². The van der Waals surface area contributed by atoms with Crippen LogP contribution in [0.5, 0.6) is 0 Å². The molecule has 0 aliphatic carbocycles. The Labute approximate surface area is 498 Å². The molecule has 0 rings (SSSR count). The quantitative estimate of drug-likeness (QED) is 0.0261. The molecule has 0 aromatic rings. The predicted molar refractivity (Wildman–Crippen MR) is 348 cm³/mol. The van der Waals surface area contributed by atoms with E-state index in [1.165, 1.54) is 250 Å². The molecule has 1 atom stereocenters. The largest absolute Gasteiger partial charge is 0.462 e. The van der Waals surface area contributed by atoms with Crippen LogP contribution in [0, 0.1) is 0 Å². The van der Waals surface area contributed by atoms with E-state index >= 15 is 0 Å². The van der Waals surface area contributed by atoms with Gasteiger partial charge in [0.25, 0.3) is 0 Å². The minimum absolute atomic E-state index is 0.0701. The van der Waals surface area contributed by atoms with Gasteiger partial charge in [0.05, 0.1) is 0 Å². The van der Waals surface area contributed by atoms with Crippen LogP contribution in [0.2, 0.25) is 0 Å². The summed E-state index contributed by atoms with van der Waals surface area (Å²) in [5.74, 6) is -0.855. The summed E-state index contributed by atoms with van der Waals surface area (Å²) in [6, 6.07) is 0. The van der Waals surface area contributed by atoms with Crippen LogP contribution in [-0.2, 0) is 28.6 Å². The van der Waals surface area contributed by atoms with Gasteiger partial charge in [-0.1, -0.05) is 332 Å². The second-order valence-corrected chi connectivity index (χ2v) is 23.8. The van der Waals surface area contributed by atoms with Gasteiger partial charge in [-0.2, -0.15) is 0 Å². The number of unbranched alkanes of at least 4 members (excludes halogenated alkanes) is 44. The van der Waals surface area contributed by atoms with Gasteiger partial charge in [0.1, 0.15) is 13.2 Å².